The molecule has 0 aliphatic heterocycles. The van der Waals surface area contributed by atoms with Crippen molar-refractivity contribution < 1.29 is 9.59 Å². The lowest BCUT2D eigenvalue weighted by atomic mass is 10.1. The number of benzene rings is 1. The normalized spacial score (nSPS) is 20.4. The molecule has 1 aliphatic carbocycles. The molecule has 1 fully saturated rings. The highest BCUT2D eigenvalue weighted by molar-refractivity contribution is 6.04. The third kappa shape index (κ3) is 4.71. The second-order valence-electron chi connectivity index (χ2n) is 5.93. The molecule has 122 valence electrons. The fourth-order valence-electron chi connectivity index (χ4n) is 2.62. The summed E-state index contributed by atoms with van der Waals surface area (Å²) in [5.41, 5.74) is 6.89. The van der Waals surface area contributed by atoms with Crippen molar-refractivity contribution in [2.45, 2.75) is 45.2 Å². The summed E-state index contributed by atoms with van der Waals surface area (Å²) in [4.78, 5) is 24.4. The van der Waals surface area contributed by atoms with Crippen LogP contribution in [-0.4, -0.2) is 23.9 Å². The molecule has 2 rings (SSSR count). The first kappa shape index (κ1) is 18.5. The van der Waals surface area contributed by atoms with Crippen molar-refractivity contribution in [2.24, 2.45) is 11.7 Å². The molecule has 0 saturated heterocycles. The van der Waals surface area contributed by atoms with E-state index in [0.29, 0.717) is 17.7 Å². The van der Waals surface area contributed by atoms with Gasteiger partial charge in [0.25, 0.3) is 5.91 Å². The summed E-state index contributed by atoms with van der Waals surface area (Å²) < 4.78 is 0. The highest BCUT2D eigenvalue weighted by Gasteiger charge is 2.28. The first-order chi connectivity index (χ1) is 9.97. The van der Waals surface area contributed by atoms with E-state index in [4.69, 9.17) is 5.73 Å². The standard InChI is InChI=1S/C16H23N3O2.ClH/c1-10(2)18-16(21)13-5-3-4-6-14(13)19-15(20)11-7-8-12(17)9-11;/h3-6,10-12H,7-9,17H2,1-2H3,(H,18,21)(H,19,20);1H. The topological polar surface area (TPSA) is 84.2 Å². The van der Waals surface area contributed by atoms with Crippen molar-refractivity contribution in [1.82, 2.24) is 5.32 Å². The van der Waals surface area contributed by atoms with Gasteiger partial charge in [0, 0.05) is 18.0 Å². The second-order valence-corrected chi connectivity index (χ2v) is 5.93. The van der Waals surface area contributed by atoms with Crippen molar-refractivity contribution in [3.63, 3.8) is 0 Å². The maximum Gasteiger partial charge on any atom is 0.253 e. The molecule has 1 saturated carbocycles. The van der Waals surface area contributed by atoms with Crippen molar-refractivity contribution in [1.29, 1.82) is 0 Å². The van der Waals surface area contributed by atoms with Gasteiger partial charge in [0.2, 0.25) is 5.91 Å². The van der Waals surface area contributed by atoms with Crippen LogP contribution in [-0.2, 0) is 4.79 Å². The number of rotatable bonds is 4. The number of hydrogen-bond donors (Lipinski definition) is 3. The monoisotopic (exact) mass is 325 g/mol. The molecule has 0 spiro atoms. The summed E-state index contributed by atoms with van der Waals surface area (Å²) >= 11 is 0. The van der Waals surface area contributed by atoms with Gasteiger partial charge in [-0.25, -0.2) is 0 Å². The van der Waals surface area contributed by atoms with Crippen LogP contribution in [0.15, 0.2) is 24.3 Å². The van der Waals surface area contributed by atoms with E-state index in [1.165, 1.54) is 0 Å². The molecule has 1 aromatic carbocycles. The maximum absolute atomic E-state index is 12.3. The highest BCUT2D eigenvalue weighted by atomic mass is 35.5. The lowest BCUT2D eigenvalue weighted by molar-refractivity contribution is -0.119. The Labute approximate surface area is 137 Å². The number of amides is 2. The zero-order chi connectivity index (χ0) is 15.4. The summed E-state index contributed by atoms with van der Waals surface area (Å²) in [5, 5.41) is 5.71. The van der Waals surface area contributed by atoms with Gasteiger partial charge in [-0.1, -0.05) is 12.1 Å². The number of nitrogens with two attached hydrogens (primary N) is 1. The smallest absolute Gasteiger partial charge is 0.253 e. The Hall–Kier alpha value is -1.59. The van der Waals surface area contributed by atoms with E-state index in [2.05, 4.69) is 10.6 Å². The first-order valence-corrected chi connectivity index (χ1v) is 7.43. The molecule has 2 amide bonds. The van der Waals surface area contributed by atoms with Gasteiger partial charge in [-0.05, 0) is 45.2 Å². The van der Waals surface area contributed by atoms with E-state index < -0.39 is 0 Å². The average Bonchev–Trinajstić information content (AvgIpc) is 2.85. The summed E-state index contributed by atoms with van der Waals surface area (Å²) in [6.07, 6.45) is 2.41. The van der Waals surface area contributed by atoms with E-state index in [9.17, 15) is 9.59 Å². The SMILES string of the molecule is CC(C)NC(=O)c1ccccc1NC(=O)C1CCC(N)C1.Cl. The largest absolute Gasteiger partial charge is 0.350 e. The lowest BCUT2D eigenvalue weighted by Crippen LogP contribution is -2.31. The Balaban J connectivity index is 0.00000242. The molecule has 1 aromatic rings. The Morgan fingerprint density at radius 2 is 1.91 bits per heavy atom. The average molecular weight is 326 g/mol. The van der Waals surface area contributed by atoms with Gasteiger partial charge in [-0.3, -0.25) is 9.59 Å². The van der Waals surface area contributed by atoms with E-state index >= 15 is 0 Å². The fourth-order valence-corrected chi connectivity index (χ4v) is 2.62. The van der Waals surface area contributed by atoms with Gasteiger partial charge >= 0.3 is 0 Å². The minimum absolute atomic E-state index is 0. The molecule has 5 nitrogen and oxygen atoms in total. The van der Waals surface area contributed by atoms with Crippen LogP contribution in [0, 0.1) is 5.92 Å². The number of carbonyl (C=O) groups excluding carboxylic acids is 2. The molecular weight excluding hydrogens is 302 g/mol. The molecule has 4 N–H and O–H groups in total. The number of anilines is 1. The molecule has 1 aliphatic rings. The molecule has 0 aromatic heterocycles. The molecule has 0 bridgehead atoms. The van der Waals surface area contributed by atoms with Crippen LogP contribution in [0.5, 0.6) is 0 Å². The van der Waals surface area contributed by atoms with Crippen LogP contribution in [0.2, 0.25) is 0 Å². The minimum atomic E-state index is -0.177. The van der Waals surface area contributed by atoms with Crippen molar-refractivity contribution in [3.05, 3.63) is 29.8 Å². The first-order valence-electron chi connectivity index (χ1n) is 7.43. The Morgan fingerprint density at radius 1 is 1.23 bits per heavy atom. The van der Waals surface area contributed by atoms with Gasteiger partial charge in [-0.15, -0.1) is 12.4 Å². The van der Waals surface area contributed by atoms with Crippen LogP contribution >= 0.6 is 12.4 Å². The minimum Gasteiger partial charge on any atom is -0.350 e. The highest BCUT2D eigenvalue weighted by Crippen LogP contribution is 2.26. The number of carbonyl (C=O) groups is 2. The molecule has 0 radical (unpaired) electrons. The quantitative estimate of drug-likeness (QED) is 0.794. The summed E-state index contributed by atoms with van der Waals surface area (Å²) in [7, 11) is 0. The number of hydrogen-bond acceptors (Lipinski definition) is 3. The Kier molecular flexibility index (Phi) is 6.84. The predicted octanol–water partition coefficient (Wildman–Crippen LogP) is 2.31. The van der Waals surface area contributed by atoms with Crippen LogP contribution in [0.4, 0.5) is 5.69 Å². The van der Waals surface area contributed by atoms with Crippen LogP contribution in [0.25, 0.3) is 0 Å². The van der Waals surface area contributed by atoms with E-state index in [1.54, 1.807) is 18.2 Å². The van der Waals surface area contributed by atoms with Crippen molar-refractivity contribution >= 4 is 29.9 Å². The Bertz CT molecular complexity index is 534. The zero-order valence-electron chi connectivity index (χ0n) is 13.0. The van der Waals surface area contributed by atoms with E-state index in [0.717, 1.165) is 12.8 Å². The van der Waals surface area contributed by atoms with E-state index in [-0.39, 0.29) is 42.2 Å². The van der Waals surface area contributed by atoms with Crippen molar-refractivity contribution in [3.8, 4) is 0 Å². The lowest BCUT2D eigenvalue weighted by Gasteiger charge is -2.15. The van der Waals surface area contributed by atoms with Crippen LogP contribution in [0.3, 0.4) is 0 Å². The van der Waals surface area contributed by atoms with Gasteiger partial charge in [0.05, 0.1) is 11.3 Å². The number of nitrogens with one attached hydrogen (secondary N) is 2. The number of para-hydroxylation sites is 1. The van der Waals surface area contributed by atoms with Gasteiger partial charge < -0.3 is 16.4 Å². The zero-order valence-corrected chi connectivity index (χ0v) is 13.8. The van der Waals surface area contributed by atoms with Crippen LogP contribution in [0.1, 0.15) is 43.5 Å². The molecular formula is C16H24ClN3O2. The Morgan fingerprint density at radius 3 is 2.50 bits per heavy atom. The molecule has 2 unspecified atom stereocenters. The second kappa shape index (κ2) is 8.15. The molecule has 22 heavy (non-hydrogen) atoms. The maximum atomic E-state index is 12.3. The molecule has 0 heterocycles. The van der Waals surface area contributed by atoms with E-state index in [1.807, 2.05) is 19.9 Å². The summed E-state index contributed by atoms with van der Waals surface area (Å²) in [5.74, 6) is -0.280. The summed E-state index contributed by atoms with van der Waals surface area (Å²) in [6, 6.07) is 7.23. The van der Waals surface area contributed by atoms with Gasteiger partial charge in [0.1, 0.15) is 0 Å². The molecule has 2 atom stereocenters. The third-order valence-electron chi connectivity index (χ3n) is 3.69. The van der Waals surface area contributed by atoms with Crippen molar-refractivity contribution in [2.75, 3.05) is 5.32 Å². The predicted molar refractivity (Wildman–Crippen MR) is 90.2 cm³/mol. The third-order valence-corrected chi connectivity index (χ3v) is 3.69. The fraction of sp³-hybridized carbons (Fsp3) is 0.500. The molecule has 6 heteroatoms. The van der Waals surface area contributed by atoms with Gasteiger partial charge in [-0.2, -0.15) is 0 Å². The van der Waals surface area contributed by atoms with Gasteiger partial charge in [0.15, 0.2) is 0 Å². The van der Waals surface area contributed by atoms with Crippen LogP contribution < -0.4 is 16.4 Å². The number of halogens is 1. The summed E-state index contributed by atoms with van der Waals surface area (Å²) in [6.45, 7) is 3.80.